The van der Waals surface area contributed by atoms with Gasteiger partial charge in [0.2, 0.25) is 0 Å². The number of hydrogen-bond donors (Lipinski definition) is 0. The topological polar surface area (TPSA) is 12.5 Å². The van der Waals surface area contributed by atoms with E-state index < -0.39 is 0 Å². The van der Waals surface area contributed by atoms with Crippen LogP contribution in [0.5, 0.6) is 5.75 Å². The Bertz CT molecular complexity index is 596. The van der Waals surface area contributed by atoms with E-state index in [4.69, 9.17) is 4.74 Å². The monoisotopic (exact) mass is 309 g/mol. The van der Waals surface area contributed by atoms with Crippen molar-refractivity contribution in [1.29, 1.82) is 0 Å². The Balaban J connectivity index is 1.53. The number of ether oxygens (including phenoxy) is 1. The first-order valence-electron chi connectivity index (χ1n) is 8.82. The van der Waals surface area contributed by atoms with Crippen LogP contribution in [0.2, 0.25) is 0 Å². The molecular weight excluding hydrogens is 282 g/mol. The van der Waals surface area contributed by atoms with Gasteiger partial charge in [0.15, 0.2) is 0 Å². The molecule has 1 aliphatic rings. The third-order valence-corrected chi connectivity index (χ3v) is 4.59. The third kappa shape index (κ3) is 4.59. The number of hydrogen-bond acceptors (Lipinski definition) is 2. The summed E-state index contributed by atoms with van der Waals surface area (Å²) in [7, 11) is 0. The zero-order valence-electron chi connectivity index (χ0n) is 14.1. The smallest absolute Gasteiger partial charge is 0.127 e. The molecule has 0 N–H and O–H groups in total. The number of likely N-dealkylation sites (tertiary alicyclic amines) is 1. The number of para-hydroxylation sites is 1. The molecule has 0 aromatic heterocycles. The van der Waals surface area contributed by atoms with Crippen molar-refractivity contribution < 1.29 is 4.74 Å². The van der Waals surface area contributed by atoms with Crippen molar-refractivity contribution in [2.75, 3.05) is 26.2 Å². The van der Waals surface area contributed by atoms with Gasteiger partial charge < -0.3 is 9.64 Å². The molecule has 23 heavy (non-hydrogen) atoms. The molecule has 0 amide bonds. The predicted molar refractivity (Wildman–Crippen MR) is 96.8 cm³/mol. The molecule has 1 heterocycles. The van der Waals surface area contributed by atoms with Crippen LogP contribution in [0.1, 0.15) is 26.2 Å². The van der Waals surface area contributed by atoms with E-state index >= 15 is 0 Å². The van der Waals surface area contributed by atoms with E-state index in [-0.39, 0.29) is 0 Å². The van der Waals surface area contributed by atoms with Gasteiger partial charge in [0.25, 0.3) is 0 Å². The SMILES string of the molecule is C[C@H]1CCCN(CCCOc2ccccc2-c2ccccc2)C1. The molecule has 0 aliphatic carbocycles. The lowest BCUT2D eigenvalue weighted by Gasteiger charge is -2.30. The van der Waals surface area contributed by atoms with Crippen LogP contribution < -0.4 is 4.74 Å². The van der Waals surface area contributed by atoms with E-state index in [9.17, 15) is 0 Å². The summed E-state index contributed by atoms with van der Waals surface area (Å²) in [6, 6.07) is 18.8. The number of nitrogens with zero attached hydrogens (tertiary/aromatic N) is 1. The Morgan fingerprint density at radius 1 is 1.04 bits per heavy atom. The summed E-state index contributed by atoms with van der Waals surface area (Å²) in [6.07, 6.45) is 3.83. The Kier molecular flexibility index (Phi) is 5.71. The quantitative estimate of drug-likeness (QED) is 0.707. The summed E-state index contributed by atoms with van der Waals surface area (Å²) < 4.78 is 6.08. The van der Waals surface area contributed by atoms with Gasteiger partial charge in [-0.05, 0) is 43.4 Å². The van der Waals surface area contributed by atoms with Gasteiger partial charge in [-0.3, -0.25) is 0 Å². The molecule has 122 valence electrons. The lowest BCUT2D eigenvalue weighted by Crippen LogP contribution is -2.35. The van der Waals surface area contributed by atoms with Crippen LogP contribution in [-0.2, 0) is 0 Å². The van der Waals surface area contributed by atoms with Crippen LogP contribution in [0, 0.1) is 5.92 Å². The zero-order valence-corrected chi connectivity index (χ0v) is 14.1. The minimum atomic E-state index is 0.786. The highest BCUT2D eigenvalue weighted by atomic mass is 16.5. The van der Waals surface area contributed by atoms with Crippen LogP contribution in [0.3, 0.4) is 0 Å². The second kappa shape index (κ2) is 8.16. The molecule has 2 aromatic rings. The van der Waals surface area contributed by atoms with Crippen LogP contribution in [0.15, 0.2) is 54.6 Å². The van der Waals surface area contributed by atoms with Crippen molar-refractivity contribution in [2.24, 2.45) is 5.92 Å². The molecule has 1 aliphatic heterocycles. The van der Waals surface area contributed by atoms with Gasteiger partial charge in [0.1, 0.15) is 5.75 Å². The molecule has 0 radical (unpaired) electrons. The molecule has 2 nitrogen and oxygen atoms in total. The Labute approximate surface area is 140 Å². The maximum absolute atomic E-state index is 6.08. The Morgan fingerprint density at radius 3 is 2.65 bits per heavy atom. The first-order valence-corrected chi connectivity index (χ1v) is 8.82. The normalized spacial score (nSPS) is 18.7. The molecule has 2 aromatic carbocycles. The molecule has 1 saturated heterocycles. The Morgan fingerprint density at radius 2 is 1.83 bits per heavy atom. The van der Waals surface area contributed by atoms with Gasteiger partial charge in [-0.1, -0.05) is 55.5 Å². The van der Waals surface area contributed by atoms with Crippen LogP contribution in [-0.4, -0.2) is 31.1 Å². The third-order valence-electron chi connectivity index (χ3n) is 4.59. The lowest BCUT2D eigenvalue weighted by atomic mass is 10.0. The first kappa shape index (κ1) is 16.1. The van der Waals surface area contributed by atoms with Gasteiger partial charge in [-0.2, -0.15) is 0 Å². The number of rotatable bonds is 6. The largest absolute Gasteiger partial charge is 0.493 e. The highest BCUT2D eigenvalue weighted by molar-refractivity contribution is 5.70. The van der Waals surface area contributed by atoms with E-state index in [1.54, 1.807) is 0 Å². The summed E-state index contributed by atoms with van der Waals surface area (Å²) in [5.41, 5.74) is 2.40. The van der Waals surface area contributed by atoms with Crippen molar-refractivity contribution in [1.82, 2.24) is 4.90 Å². The molecule has 0 bridgehead atoms. The maximum atomic E-state index is 6.08. The van der Waals surface area contributed by atoms with Crippen molar-refractivity contribution in [3.63, 3.8) is 0 Å². The van der Waals surface area contributed by atoms with Crippen LogP contribution in [0.4, 0.5) is 0 Å². The predicted octanol–water partition coefficient (Wildman–Crippen LogP) is 4.85. The van der Waals surface area contributed by atoms with Gasteiger partial charge in [-0.25, -0.2) is 0 Å². The molecule has 0 spiro atoms. The van der Waals surface area contributed by atoms with Gasteiger partial charge in [-0.15, -0.1) is 0 Å². The van der Waals surface area contributed by atoms with Crippen LogP contribution in [0.25, 0.3) is 11.1 Å². The van der Waals surface area contributed by atoms with Gasteiger partial charge >= 0.3 is 0 Å². The minimum absolute atomic E-state index is 0.786. The highest BCUT2D eigenvalue weighted by Crippen LogP contribution is 2.29. The summed E-state index contributed by atoms with van der Waals surface area (Å²) in [4.78, 5) is 2.58. The zero-order chi connectivity index (χ0) is 15.9. The molecule has 1 atom stereocenters. The Hall–Kier alpha value is -1.80. The van der Waals surface area contributed by atoms with Crippen molar-refractivity contribution in [2.45, 2.75) is 26.2 Å². The van der Waals surface area contributed by atoms with Crippen LogP contribution >= 0.6 is 0 Å². The first-order chi connectivity index (χ1) is 11.3. The maximum Gasteiger partial charge on any atom is 0.127 e. The van der Waals surface area contributed by atoms with E-state index in [1.807, 2.05) is 12.1 Å². The van der Waals surface area contributed by atoms with Gasteiger partial charge in [0, 0.05) is 18.7 Å². The highest BCUT2D eigenvalue weighted by Gasteiger charge is 2.15. The molecule has 1 fully saturated rings. The minimum Gasteiger partial charge on any atom is -0.493 e. The number of benzene rings is 2. The fourth-order valence-corrected chi connectivity index (χ4v) is 3.41. The van der Waals surface area contributed by atoms with E-state index in [0.29, 0.717) is 0 Å². The second-order valence-corrected chi connectivity index (χ2v) is 6.61. The fourth-order valence-electron chi connectivity index (χ4n) is 3.41. The van der Waals surface area contributed by atoms with E-state index in [2.05, 4.69) is 54.3 Å². The average Bonchev–Trinajstić information content (AvgIpc) is 2.60. The van der Waals surface area contributed by atoms with E-state index in [1.165, 1.54) is 37.1 Å². The van der Waals surface area contributed by atoms with Crippen molar-refractivity contribution in [3.05, 3.63) is 54.6 Å². The number of piperidine rings is 1. The summed E-state index contributed by atoms with van der Waals surface area (Å²) in [5, 5.41) is 0. The van der Waals surface area contributed by atoms with Gasteiger partial charge in [0.05, 0.1) is 6.61 Å². The summed E-state index contributed by atoms with van der Waals surface area (Å²) >= 11 is 0. The molecule has 3 rings (SSSR count). The molecule has 2 heteroatoms. The molecule has 0 saturated carbocycles. The van der Waals surface area contributed by atoms with Crippen molar-refractivity contribution >= 4 is 0 Å². The average molecular weight is 309 g/mol. The summed E-state index contributed by atoms with van der Waals surface area (Å²) in [6.45, 7) is 6.80. The molecular formula is C21H27NO. The van der Waals surface area contributed by atoms with Crippen molar-refractivity contribution in [3.8, 4) is 16.9 Å². The fraction of sp³-hybridized carbons (Fsp3) is 0.429. The standard InChI is InChI=1S/C21H27NO/c1-18-9-7-14-22(17-18)15-8-16-23-21-13-6-5-12-20(21)19-10-3-2-4-11-19/h2-6,10-13,18H,7-9,14-17H2,1H3/t18-/m0/s1. The summed E-state index contributed by atoms with van der Waals surface area (Å²) in [5.74, 6) is 1.84. The second-order valence-electron chi connectivity index (χ2n) is 6.61. The molecule has 0 unspecified atom stereocenters. The lowest BCUT2D eigenvalue weighted by molar-refractivity contribution is 0.170. The van der Waals surface area contributed by atoms with E-state index in [0.717, 1.165) is 31.2 Å².